The van der Waals surface area contributed by atoms with E-state index in [-0.39, 0.29) is 0 Å². The van der Waals surface area contributed by atoms with Gasteiger partial charge in [-0.05, 0) is 11.2 Å². The number of hydrogen-bond donors (Lipinski definition) is 1. The fraction of sp³-hybridized carbons (Fsp3) is 0. The molecule has 0 saturated heterocycles. The van der Waals surface area contributed by atoms with Crippen molar-refractivity contribution in [2.24, 2.45) is 0 Å². The van der Waals surface area contributed by atoms with Crippen LogP contribution in [-0.2, 0) is 0 Å². The van der Waals surface area contributed by atoms with Crippen molar-refractivity contribution >= 4 is 18.5 Å². The van der Waals surface area contributed by atoms with E-state index in [0.717, 1.165) is 0 Å². The van der Waals surface area contributed by atoms with Gasteiger partial charge < -0.3 is 4.30 Å². The normalized spacial score (nSPS) is 13.8. The summed E-state index contributed by atoms with van der Waals surface area (Å²) >= 11 is 5.12. The van der Waals surface area contributed by atoms with Crippen molar-refractivity contribution in [2.45, 2.75) is 0 Å². The van der Waals surface area contributed by atoms with Crippen LogP contribution in [0.4, 0.5) is 0 Å². The maximum absolute atomic E-state index is 5.12. The predicted octanol–water partition coefficient (Wildman–Crippen LogP) is 1.60. The Bertz CT molecular complexity index is 66.6. The van der Waals surface area contributed by atoms with Gasteiger partial charge in [0.15, 0.2) is 0 Å². The van der Waals surface area contributed by atoms with Crippen molar-refractivity contribution in [3.63, 3.8) is 0 Å². The molecule has 0 radical (unpaired) electrons. The first-order valence-corrected chi connectivity index (χ1v) is 2.94. The van der Waals surface area contributed by atoms with Gasteiger partial charge in [0.25, 0.3) is 7.28 Å². The topological polar surface area (TPSA) is 28.9 Å². The number of H-pyrrole nitrogens is 1. The second-order valence-corrected chi connectivity index (χ2v) is 2.20. The lowest BCUT2D eigenvalue weighted by Gasteiger charge is -1.26. The zero-order valence-electron chi connectivity index (χ0n) is 1.73. The summed E-state index contributed by atoms with van der Waals surface area (Å²) in [5, 5.41) is 0. The number of halogens is 1. The summed E-state index contributed by atoms with van der Waals surface area (Å²) < 4.78 is 4.29. The zero-order chi connectivity index (χ0) is 2.99. The summed E-state index contributed by atoms with van der Waals surface area (Å²) in [6, 6.07) is 0. The van der Waals surface area contributed by atoms with Gasteiger partial charge in [-0.15, -0.1) is 0 Å². The molecule has 1 unspecified atom stereocenters. The van der Waals surface area contributed by atoms with E-state index in [2.05, 4.69) is 9.22 Å². The van der Waals surface area contributed by atoms with Gasteiger partial charge in [-0.1, -0.05) is 0 Å². The maximum atomic E-state index is 5.12. The first-order valence-electron chi connectivity index (χ1n) is 0.779. The summed E-state index contributed by atoms with van der Waals surface area (Å²) in [5.41, 5.74) is 0. The SMILES string of the molecule is Clp1[nH]o1. The molecule has 0 aliphatic carbocycles. The largest absolute Gasteiger partial charge is 0.333 e. The molecule has 0 bridgehead atoms. The molecule has 4 heteroatoms. The molecule has 0 fully saturated rings. The Morgan fingerprint density at radius 1 is 2.00 bits per heavy atom. The van der Waals surface area contributed by atoms with Crippen molar-refractivity contribution in [3.05, 3.63) is 0 Å². The standard InChI is InChI=1S/ClHNOP/c1-4-2-3-4/h2H. The van der Waals surface area contributed by atoms with Gasteiger partial charge in [-0.3, -0.25) is 0 Å². The molecule has 1 N–H and O–H groups in total. The Morgan fingerprint density at radius 3 is 2.25 bits per heavy atom. The lowest BCUT2D eigenvalue weighted by Crippen LogP contribution is -0.988. The van der Waals surface area contributed by atoms with E-state index in [1.54, 1.807) is 0 Å². The van der Waals surface area contributed by atoms with Gasteiger partial charge in [0.1, 0.15) is 0 Å². The second-order valence-electron chi connectivity index (χ2n) is 0.427. The van der Waals surface area contributed by atoms with Crippen LogP contribution < -0.4 is 0 Å². The molecule has 0 spiro atoms. The van der Waals surface area contributed by atoms with E-state index in [4.69, 9.17) is 11.2 Å². The van der Waals surface area contributed by atoms with Crippen LogP contribution in [0.1, 0.15) is 0 Å². The number of rotatable bonds is 0. The van der Waals surface area contributed by atoms with E-state index in [0.29, 0.717) is 0 Å². The molecule has 0 aliphatic rings. The van der Waals surface area contributed by atoms with Gasteiger partial charge in [0.2, 0.25) is 0 Å². The van der Waals surface area contributed by atoms with E-state index in [9.17, 15) is 0 Å². The molecule has 24 valence electrons. The summed E-state index contributed by atoms with van der Waals surface area (Å²) in [6.45, 7) is 0. The smallest absolute Gasteiger partial charge is 0.277 e. The van der Waals surface area contributed by atoms with E-state index in [1.165, 1.54) is 0 Å². The van der Waals surface area contributed by atoms with Crippen LogP contribution in [0.5, 0.6) is 0 Å². The average Bonchev–Trinajstić information content (AvgIpc) is 1.75. The Morgan fingerprint density at radius 2 is 2.25 bits per heavy atom. The van der Waals surface area contributed by atoms with Crippen LogP contribution in [-0.4, -0.2) is 4.92 Å². The highest BCUT2D eigenvalue weighted by molar-refractivity contribution is 7.71. The van der Waals surface area contributed by atoms with Gasteiger partial charge in [0.05, 0.1) is 0 Å². The molecule has 1 heterocycles. The monoisotopic (exact) mass is 96.9 g/mol. The Hall–Kier alpha value is 0.190. The first-order chi connectivity index (χ1) is 1.89. The van der Waals surface area contributed by atoms with E-state index < -0.39 is 7.28 Å². The highest BCUT2D eigenvalue weighted by Gasteiger charge is 1.86. The Labute approximate surface area is 28.7 Å². The molecule has 0 saturated carbocycles. The number of aromatic amines is 1. The van der Waals surface area contributed by atoms with Crippen LogP contribution in [0.25, 0.3) is 0 Å². The molecule has 1 aromatic heterocycles. The van der Waals surface area contributed by atoms with Crippen LogP contribution in [0.15, 0.2) is 4.30 Å². The van der Waals surface area contributed by atoms with Crippen molar-refractivity contribution in [1.29, 1.82) is 0 Å². The minimum Gasteiger partial charge on any atom is -0.333 e. The first kappa shape index (κ1) is 2.43. The molecule has 0 amide bonds. The number of nitrogens with one attached hydrogen (secondary N) is 1. The van der Waals surface area contributed by atoms with Crippen molar-refractivity contribution in [1.82, 2.24) is 4.92 Å². The Kier molecular flexibility index (Phi) is 0.345. The average molecular weight is 97.4 g/mol. The van der Waals surface area contributed by atoms with E-state index >= 15 is 0 Å². The fourth-order valence-corrected chi connectivity index (χ4v) is 0.417. The van der Waals surface area contributed by atoms with E-state index in [1.807, 2.05) is 0 Å². The van der Waals surface area contributed by atoms with Gasteiger partial charge in [0, 0.05) is 0 Å². The van der Waals surface area contributed by atoms with Crippen LogP contribution >= 0.6 is 18.5 Å². The molecular formula is HClNOP. The van der Waals surface area contributed by atoms with Crippen LogP contribution in [0.2, 0.25) is 0 Å². The summed E-state index contributed by atoms with van der Waals surface area (Å²) in [6.07, 6.45) is 0. The fourth-order valence-electron chi connectivity index (χ4n) is 0.0154. The third-order valence-corrected chi connectivity index (χ3v) is 0.895. The molecular weight excluding hydrogens is 96.4 g/mol. The maximum Gasteiger partial charge on any atom is 0.277 e. The minimum absolute atomic E-state index is 0.648. The zero-order valence-corrected chi connectivity index (χ0v) is 3.38. The van der Waals surface area contributed by atoms with Gasteiger partial charge >= 0.3 is 0 Å². The molecule has 0 aliphatic heterocycles. The molecule has 2 nitrogen and oxygen atoms in total. The summed E-state index contributed by atoms with van der Waals surface area (Å²) in [7, 11) is -0.648. The van der Waals surface area contributed by atoms with Crippen molar-refractivity contribution in [2.75, 3.05) is 0 Å². The number of hydrogen-bond acceptors (Lipinski definition) is 1. The molecule has 1 rings (SSSR count). The molecule has 4 heavy (non-hydrogen) atoms. The summed E-state index contributed by atoms with van der Waals surface area (Å²) in [5.74, 6) is 0. The van der Waals surface area contributed by atoms with Crippen molar-refractivity contribution in [3.8, 4) is 0 Å². The van der Waals surface area contributed by atoms with Crippen LogP contribution in [0.3, 0.4) is 0 Å². The molecule has 1 atom stereocenters. The lowest BCUT2D eigenvalue weighted by atomic mass is 13.7. The third kappa shape index (κ3) is 0.305. The molecule has 1 aromatic rings. The lowest BCUT2D eigenvalue weighted by molar-refractivity contribution is 0.629. The highest BCUT2D eigenvalue weighted by atomic mass is 35.7. The third-order valence-electron chi connectivity index (χ3n) is 0.160. The van der Waals surface area contributed by atoms with Crippen molar-refractivity contribution < 1.29 is 4.30 Å². The highest BCUT2D eigenvalue weighted by Crippen LogP contribution is 2.32. The van der Waals surface area contributed by atoms with Crippen LogP contribution in [0, 0.1) is 0 Å². The molecule has 0 aromatic carbocycles. The minimum atomic E-state index is -0.648. The van der Waals surface area contributed by atoms with Gasteiger partial charge in [-0.25, -0.2) is 0 Å². The quantitative estimate of drug-likeness (QED) is 0.523. The predicted molar refractivity (Wildman–Crippen MR) is 17.0 cm³/mol. The number of aromatic nitrogens is 1. The van der Waals surface area contributed by atoms with Gasteiger partial charge in [-0.2, -0.15) is 4.92 Å². The second kappa shape index (κ2) is 0.568. The summed E-state index contributed by atoms with van der Waals surface area (Å²) in [4.78, 5) is 2.43. The Balaban J connectivity index is 2.81.